The van der Waals surface area contributed by atoms with E-state index in [9.17, 15) is 24.0 Å². The molecule has 2 saturated heterocycles. The Labute approximate surface area is 251 Å². The second-order valence-electron chi connectivity index (χ2n) is 11.1. The standard InChI is InChI=1S/C32H39N3O8/c1-21(33-28(37)19-35-13-15-42-16-14-35)27(36)18-25(29(38)23-9-11-24(41-3)12-10-23)31(40)34-26(30(39)32(2)20-43-32)17-22-7-5-4-6-8-22/h4-12,21,25-26H,13-20H2,1-3H3,(H,33,37)(H,34,40). The average Bonchev–Trinajstić information content (AvgIpc) is 3.77. The van der Waals surface area contributed by atoms with Gasteiger partial charge < -0.3 is 24.8 Å². The third-order valence-corrected chi connectivity index (χ3v) is 7.76. The van der Waals surface area contributed by atoms with Crippen molar-refractivity contribution in [3.8, 4) is 5.75 Å². The Balaban J connectivity index is 1.51. The fraction of sp³-hybridized carbons (Fsp3) is 0.469. The van der Waals surface area contributed by atoms with Gasteiger partial charge in [-0.15, -0.1) is 0 Å². The lowest BCUT2D eigenvalue weighted by Gasteiger charge is -2.26. The molecule has 0 spiro atoms. The quantitative estimate of drug-likeness (QED) is 0.178. The van der Waals surface area contributed by atoms with Crippen LogP contribution in [0.25, 0.3) is 0 Å². The summed E-state index contributed by atoms with van der Waals surface area (Å²) in [6.45, 7) is 5.82. The summed E-state index contributed by atoms with van der Waals surface area (Å²) in [6, 6.07) is 13.5. The molecule has 230 valence electrons. The molecule has 2 aliphatic rings. The van der Waals surface area contributed by atoms with Crippen molar-refractivity contribution in [2.24, 2.45) is 5.92 Å². The Hall–Kier alpha value is -3.93. The molecular formula is C32H39N3O8. The van der Waals surface area contributed by atoms with Crippen LogP contribution < -0.4 is 15.4 Å². The summed E-state index contributed by atoms with van der Waals surface area (Å²) in [5.41, 5.74) is 0.00871. The molecule has 2 N–H and O–H groups in total. The summed E-state index contributed by atoms with van der Waals surface area (Å²) < 4.78 is 15.8. The maximum absolute atomic E-state index is 13.8. The minimum Gasteiger partial charge on any atom is -0.497 e. The van der Waals surface area contributed by atoms with E-state index in [0.29, 0.717) is 32.1 Å². The van der Waals surface area contributed by atoms with E-state index in [1.165, 1.54) is 26.2 Å². The predicted octanol–water partition coefficient (Wildman–Crippen LogP) is 1.38. The molecule has 0 aliphatic carbocycles. The van der Waals surface area contributed by atoms with Gasteiger partial charge in [-0.3, -0.25) is 28.9 Å². The van der Waals surface area contributed by atoms with Crippen LogP contribution in [0.2, 0.25) is 0 Å². The van der Waals surface area contributed by atoms with E-state index in [-0.39, 0.29) is 36.8 Å². The topological polar surface area (TPSA) is 144 Å². The highest BCUT2D eigenvalue weighted by atomic mass is 16.6. The lowest BCUT2D eigenvalue weighted by atomic mass is 9.88. The number of hydrogen-bond donors (Lipinski definition) is 2. The fourth-order valence-electron chi connectivity index (χ4n) is 4.92. The number of carbonyl (C=O) groups excluding carboxylic acids is 5. The van der Waals surface area contributed by atoms with E-state index in [1.807, 2.05) is 35.2 Å². The van der Waals surface area contributed by atoms with E-state index < -0.39 is 47.5 Å². The van der Waals surface area contributed by atoms with Crippen LogP contribution in [0.5, 0.6) is 5.75 Å². The van der Waals surface area contributed by atoms with E-state index in [0.717, 1.165) is 5.56 Å². The molecule has 11 nitrogen and oxygen atoms in total. The van der Waals surface area contributed by atoms with E-state index in [2.05, 4.69) is 10.6 Å². The first-order valence-electron chi connectivity index (χ1n) is 14.4. The van der Waals surface area contributed by atoms with Gasteiger partial charge in [-0.1, -0.05) is 30.3 Å². The first-order valence-corrected chi connectivity index (χ1v) is 14.4. The highest BCUT2D eigenvalue weighted by Crippen LogP contribution is 2.29. The number of benzene rings is 2. The molecule has 2 amide bonds. The number of ketones is 3. The number of methoxy groups -OCH3 is 1. The second kappa shape index (κ2) is 14.5. The van der Waals surface area contributed by atoms with Crippen molar-refractivity contribution in [3.05, 3.63) is 65.7 Å². The number of rotatable bonds is 15. The Kier molecular flexibility index (Phi) is 10.8. The third kappa shape index (κ3) is 8.79. The van der Waals surface area contributed by atoms with Crippen molar-refractivity contribution in [1.82, 2.24) is 15.5 Å². The van der Waals surface area contributed by atoms with Gasteiger partial charge in [0.15, 0.2) is 17.3 Å². The minimum atomic E-state index is -1.43. The number of ether oxygens (including phenoxy) is 3. The smallest absolute Gasteiger partial charge is 0.234 e. The molecule has 2 aromatic carbocycles. The van der Waals surface area contributed by atoms with Gasteiger partial charge in [0.05, 0.1) is 45.6 Å². The second-order valence-corrected chi connectivity index (χ2v) is 11.1. The molecule has 0 radical (unpaired) electrons. The van der Waals surface area contributed by atoms with Gasteiger partial charge in [-0.2, -0.15) is 0 Å². The molecule has 0 bridgehead atoms. The number of nitrogens with one attached hydrogen (secondary N) is 2. The van der Waals surface area contributed by atoms with Gasteiger partial charge in [-0.05, 0) is 50.1 Å². The molecular weight excluding hydrogens is 554 g/mol. The van der Waals surface area contributed by atoms with Crippen LogP contribution in [0, 0.1) is 5.92 Å². The summed E-state index contributed by atoms with van der Waals surface area (Å²) in [5, 5.41) is 5.44. The molecule has 11 heteroatoms. The molecule has 4 rings (SSSR count). The minimum absolute atomic E-state index is 0.111. The van der Waals surface area contributed by atoms with Crippen LogP contribution in [-0.2, 0) is 35.1 Å². The van der Waals surface area contributed by atoms with Crippen molar-refractivity contribution in [1.29, 1.82) is 0 Å². The first kappa shape index (κ1) is 32.0. The highest BCUT2D eigenvalue weighted by Gasteiger charge is 2.50. The zero-order valence-electron chi connectivity index (χ0n) is 24.8. The Morgan fingerprint density at radius 1 is 0.977 bits per heavy atom. The van der Waals surface area contributed by atoms with Crippen LogP contribution in [0.4, 0.5) is 0 Å². The number of carbonyl (C=O) groups is 5. The number of amides is 2. The molecule has 2 fully saturated rings. The number of morpholine rings is 1. The van der Waals surface area contributed by atoms with Crippen molar-refractivity contribution in [2.75, 3.05) is 46.6 Å². The monoisotopic (exact) mass is 593 g/mol. The molecule has 4 unspecified atom stereocenters. The zero-order valence-corrected chi connectivity index (χ0v) is 24.8. The number of Topliss-reactive ketones (excluding diaryl/α,β-unsaturated/α-hetero) is 3. The van der Waals surface area contributed by atoms with Crippen molar-refractivity contribution in [3.63, 3.8) is 0 Å². The summed E-state index contributed by atoms with van der Waals surface area (Å²) in [5.74, 6) is -3.37. The van der Waals surface area contributed by atoms with Gasteiger partial charge >= 0.3 is 0 Å². The summed E-state index contributed by atoms with van der Waals surface area (Å²) in [7, 11) is 1.49. The van der Waals surface area contributed by atoms with Gasteiger partial charge in [0.1, 0.15) is 17.3 Å². The summed E-state index contributed by atoms with van der Waals surface area (Å²) in [4.78, 5) is 68.6. The third-order valence-electron chi connectivity index (χ3n) is 7.76. The SMILES string of the molecule is COc1ccc(C(=O)C(CC(=O)C(C)NC(=O)CN2CCOCC2)C(=O)NC(Cc2ccccc2)C(=O)C2(C)CO2)cc1. The number of nitrogens with zero attached hydrogens (tertiary/aromatic N) is 1. The van der Waals surface area contributed by atoms with Gasteiger partial charge in [0.25, 0.3) is 0 Å². The predicted molar refractivity (Wildman–Crippen MR) is 157 cm³/mol. The maximum atomic E-state index is 13.8. The molecule has 0 saturated carbocycles. The molecule has 43 heavy (non-hydrogen) atoms. The van der Waals surface area contributed by atoms with E-state index >= 15 is 0 Å². The van der Waals surface area contributed by atoms with Crippen LogP contribution >= 0.6 is 0 Å². The van der Waals surface area contributed by atoms with Crippen LogP contribution in [0.15, 0.2) is 54.6 Å². The van der Waals surface area contributed by atoms with Crippen LogP contribution in [-0.4, -0.2) is 98.3 Å². The normalized spacial score (nSPS) is 20.3. The molecule has 2 aromatic rings. The van der Waals surface area contributed by atoms with Gasteiger partial charge in [0, 0.05) is 25.1 Å². The zero-order chi connectivity index (χ0) is 31.0. The largest absolute Gasteiger partial charge is 0.497 e. The lowest BCUT2D eigenvalue weighted by molar-refractivity contribution is -0.133. The number of hydrogen-bond acceptors (Lipinski definition) is 9. The van der Waals surface area contributed by atoms with E-state index in [4.69, 9.17) is 14.2 Å². The van der Waals surface area contributed by atoms with Gasteiger partial charge in [-0.25, -0.2) is 0 Å². The average molecular weight is 594 g/mol. The highest BCUT2D eigenvalue weighted by molar-refractivity contribution is 6.13. The van der Waals surface area contributed by atoms with Crippen molar-refractivity contribution < 1.29 is 38.2 Å². The van der Waals surface area contributed by atoms with Crippen molar-refractivity contribution in [2.45, 2.75) is 44.4 Å². The fourth-order valence-corrected chi connectivity index (χ4v) is 4.92. The van der Waals surface area contributed by atoms with E-state index in [1.54, 1.807) is 19.1 Å². The summed E-state index contributed by atoms with van der Waals surface area (Å²) in [6.07, 6.45) is -0.272. The Morgan fingerprint density at radius 2 is 1.63 bits per heavy atom. The molecule has 4 atom stereocenters. The van der Waals surface area contributed by atoms with Crippen LogP contribution in [0.3, 0.4) is 0 Å². The Bertz CT molecular complexity index is 1300. The summed E-state index contributed by atoms with van der Waals surface area (Å²) >= 11 is 0. The first-order chi connectivity index (χ1) is 20.6. The maximum Gasteiger partial charge on any atom is 0.234 e. The van der Waals surface area contributed by atoms with Gasteiger partial charge in [0.2, 0.25) is 11.8 Å². The molecule has 2 aliphatic heterocycles. The lowest BCUT2D eigenvalue weighted by Crippen LogP contribution is -2.51. The molecule has 0 aromatic heterocycles. The Morgan fingerprint density at radius 3 is 2.23 bits per heavy atom. The number of epoxide rings is 1. The van der Waals surface area contributed by atoms with Crippen molar-refractivity contribution >= 4 is 29.2 Å². The van der Waals surface area contributed by atoms with Crippen LogP contribution in [0.1, 0.15) is 36.2 Å². The molecule has 2 heterocycles.